The molecule has 1 aliphatic heterocycles. The molecule has 1 saturated heterocycles. The Labute approximate surface area is 84.6 Å². The van der Waals surface area contributed by atoms with Crippen molar-refractivity contribution in [2.24, 2.45) is 5.73 Å². The summed E-state index contributed by atoms with van der Waals surface area (Å²) < 4.78 is 5.03. The number of nitrogens with zero attached hydrogens (tertiary/aromatic N) is 1. The van der Waals surface area contributed by atoms with Crippen LogP contribution in [0, 0.1) is 0 Å². The van der Waals surface area contributed by atoms with Crippen molar-refractivity contribution in [1.29, 1.82) is 0 Å². The average Bonchev–Trinajstić information content (AvgIpc) is 2.52. The molecule has 0 aliphatic carbocycles. The maximum absolute atomic E-state index is 11.3. The molecule has 1 atom stereocenters. The van der Waals surface area contributed by atoms with Crippen molar-refractivity contribution in [1.82, 2.24) is 10.2 Å². The predicted octanol–water partition coefficient (Wildman–Crippen LogP) is -1.22. The Bertz CT molecular complexity index is 187. The first-order chi connectivity index (χ1) is 6.72. The van der Waals surface area contributed by atoms with Crippen LogP contribution in [0.3, 0.4) is 0 Å². The largest absolute Gasteiger partial charge is 0.370 e. The number of carbonyl (C=O) groups is 1. The summed E-state index contributed by atoms with van der Waals surface area (Å²) in [6, 6.07) is 0.286. The van der Waals surface area contributed by atoms with E-state index in [1.54, 1.807) is 0 Å². The molecule has 1 heterocycles. The SMILES string of the molecule is CN1CCC(NC(=O)COCCN)C1. The summed E-state index contributed by atoms with van der Waals surface area (Å²) in [6.45, 7) is 3.01. The van der Waals surface area contributed by atoms with Crippen LogP contribution in [0.1, 0.15) is 6.42 Å². The molecular formula is C9H19N3O2. The molecule has 1 amide bonds. The van der Waals surface area contributed by atoms with Crippen molar-refractivity contribution < 1.29 is 9.53 Å². The average molecular weight is 201 g/mol. The highest BCUT2D eigenvalue weighted by molar-refractivity contribution is 5.77. The first-order valence-corrected chi connectivity index (χ1v) is 4.98. The molecular weight excluding hydrogens is 182 g/mol. The lowest BCUT2D eigenvalue weighted by Gasteiger charge is -2.12. The van der Waals surface area contributed by atoms with Crippen LogP contribution in [-0.2, 0) is 9.53 Å². The summed E-state index contributed by atoms with van der Waals surface area (Å²) >= 11 is 0. The highest BCUT2D eigenvalue weighted by atomic mass is 16.5. The van der Waals surface area contributed by atoms with Crippen LogP contribution in [0.15, 0.2) is 0 Å². The third kappa shape index (κ3) is 4.04. The van der Waals surface area contributed by atoms with Gasteiger partial charge in [-0.05, 0) is 20.0 Å². The van der Waals surface area contributed by atoms with Gasteiger partial charge in [0.15, 0.2) is 0 Å². The zero-order valence-electron chi connectivity index (χ0n) is 8.66. The lowest BCUT2D eigenvalue weighted by molar-refractivity contribution is -0.126. The Morgan fingerprint density at radius 1 is 1.71 bits per heavy atom. The molecule has 1 rings (SSSR count). The van der Waals surface area contributed by atoms with Crippen LogP contribution in [0.4, 0.5) is 0 Å². The maximum Gasteiger partial charge on any atom is 0.246 e. The highest BCUT2D eigenvalue weighted by Crippen LogP contribution is 2.05. The number of nitrogens with one attached hydrogen (secondary N) is 1. The summed E-state index contributed by atoms with van der Waals surface area (Å²) in [7, 11) is 2.05. The van der Waals surface area contributed by atoms with E-state index in [0.29, 0.717) is 13.2 Å². The molecule has 14 heavy (non-hydrogen) atoms. The normalized spacial score (nSPS) is 22.6. The third-order valence-electron chi connectivity index (χ3n) is 2.25. The molecule has 1 aliphatic rings. The summed E-state index contributed by atoms with van der Waals surface area (Å²) in [5, 5.41) is 2.92. The Hall–Kier alpha value is -0.650. The first-order valence-electron chi connectivity index (χ1n) is 4.98. The van der Waals surface area contributed by atoms with Gasteiger partial charge >= 0.3 is 0 Å². The van der Waals surface area contributed by atoms with Crippen LogP contribution in [-0.4, -0.2) is 56.7 Å². The van der Waals surface area contributed by atoms with Gasteiger partial charge in [-0.1, -0.05) is 0 Å². The van der Waals surface area contributed by atoms with Gasteiger partial charge in [-0.3, -0.25) is 4.79 Å². The van der Waals surface area contributed by atoms with Crippen LogP contribution >= 0.6 is 0 Å². The molecule has 82 valence electrons. The van der Waals surface area contributed by atoms with Crippen molar-refractivity contribution in [2.75, 3.05) is 39.9 Å². The molecule has 0 spiro atoms. The summed E-state index contributed by atoms with van der Waals surface area (Å²) in [6.07, 6.45) is 1.03. The first kappa shape index (κ1) is 11.4. The molecule has 0 radical (unpaired) electrons. The molecule has 0 aromatic heterocycles. The minimum absolute atomic E-state index is 0.0428. The van der Waals surface area contributed by atoms with E-state index < -0.39 is 0 Å². The Balaban J connectivity index is 2.08. The second kappa shape index (κ2) is 5.95. The Morgan fingerprint density at radius 3 is 3.07 bits per heavy atom. The van der Waals surface area contributed by atoms with Gasteiger partial charge in [-0.25, -0.2) is 0 Å². The number of nitrogens with two attached hydrogens (primary N) is 1. The lowest BCUT2D eigenvalue weighted by Crippen LogP contribution is -2.38. The Morgan fingerprint density at radius 2 is 2.50 bits per heavy atom. The zero-order valence-corrected chi connectivity index (χ0v) is 8.66. The minimum Gasteiger partial charge on any atom is -0.370 e. The van der Waals surface area contributed by atoms with E-state index in [1.165, 1.54) is 0 Å². The van der Waals surface area contributed by atoms with Crippen LogP contribution < -0.4 is 11.1 Å². The number of likely N-dealkylation sites (N-methyl/N-ethyl adjacent to an activating group) is 1. The smallest absolute Gasteiger partial charge is 0.246 e. The van der Waals surface area contributed by atoms with Gasteiger partial charge in [0.05, 0.1) is 6.61 Å². The van der Waals surface area contributed by atoms with Crippen molar-refractivity contribution >= 4 is 5.91 Å². The van der Waals surface area contributed by atoms with E-state index in [2.05, 4.69) is 17.3 Å². The second-order valence-corrected chi connectivity index (χ2v) is 3.66. The number of carbonyl (C=O) groups excluding carboxylic acids is 1. The van der Waals surface area contributed by atoms with Crippen molar-refractivity contribution in [3.8, 4) is 0 Å². The summed E-state index contributed by atoms with van der Waals surface area (Å²) in [4.78, 5) is 13.5. The van der Waals surface area contributed by atoms with Gasteiger partial charge in [0.25, 0.3) is 0 Å². The molecule has 1 fully saturated rings. The van der Waals surface area contributed by atoms with Gasteiger partial charge in [0.2, 0.25) is 5.91 Å². The maximum atomic E-state index is 11.3. The topological polar surface area (TPSA) is 67.6 Å². The fourth-order valence-corrected chi connectivity index (χ4v) is 1.57. The molecule has 3 N–H and O–H groups in total. The number of ether oxygens (including phenoxy) is 1. The van der Waals surface area contributed by atoms with Crippen molar-refractivity contribution in [3.05, 3.63) is 0 Å². The fraction of sp³-hybridized carbons (Fsp3) is 0.889. The van der Waals surface area contributed by atoms with Crippen LogP contribution in [0.2, 0.25) is 0 Å². The van der Waals surface area contributed by atoms with Gasteiger partial charge < -0.3 is 20.7 Å². The molecule has 0 aromatic rings. The van der Waals surface area contributed by atoms with Gasteiger partial charge in [-0.2, -0.15) is 0 Å². The summed E-state index contributed by atoms with van der Waals surface area (Å²) in [5.74, 6) is -0.0428. The number of hydrogen-bond donors (Lipinski definition) is 2. The molecule has 5 heteroatoms. The lowest BCUT2D eigenvalue weighted by atomic mass is 10.2. The van der Waals surface area contributed by atoms with E-state index in [9.17, 15) is 4.79 Å². The second-order valence-electron chi connectivity index (χ2n) is 3.66. The van der Waals surface area contributed by atoms with Crippen LogP contribution in [0.25, 0.3) is 0 Å². The molecule has 0 bridgehead atoms. The van der Waals surface area contributed by atoms with E-state index in [4.69, 9.17) is 10.5 Å². The van der Waals surface area contributed by atoms with E-state index in [0.717, 1.165) is 19.5 Å². The van der Waals surface area contributed by atoms with Gasteiger partial charge in [0.1, 0.15) is 6.61 Å². The highest BCUT2D eigenvalue weighted by Gasteiger charge is 2.20. The van der Waals surface area contributed by atoms with E-state index in [-0.39, 0.29) is 18.6 Å². The predicted molar refractivity (Wildman–Crippen MR) is 53.9 cm³/mol. The molecule has 0 aromatic carbocycles. The van der Waals surface area contributed by atoms with E-state index >= 15 is 0 Å². The molecule has 1 unspecified atom stereocenters. The summed E-state index contributed by atoms with van der Waals surface area (Å²) in [5.41, 5.74) is 5.23. The van der Waals surface area contributed by atoms with Gasteiger partial charge in [-0.15, -0.1) is 0 Å². The number of amides is 1. The Kier molecular flexibility index (Phi) is 4.86. The molecule has 5 nitrogen and oxygen atoms in total. The number of likely N-dealkylation sites (tertiary alicyclic amines) is 1. The molecule has 0 saturated carbocycles. The van der Waals surface area contributed by atoms with Crippen LogP contribution in [0.5, 0.6) is 0 Å². The minimum atomic E-state index is -0.0428. The monoisotopic (exact) mass is 201 g/mol. The van der Waals surface area contributed by atoms with E-state index in [1.807, 2.05) is 0 Å². The number of hydrogen-bond acceptors (Lipinski definition) is 4. The van der Waals surface area contributed by atoms with Gasteiger partial charge in [0, 0.05) is 19.1 Å². The zero-order chi connectivity index (χ0) is 10.4. The standard InChI is InChI=1S/C9H19N3O2/c1-12-4-2-8(6-12)11-9(13)7-14-5-3-10/h8H,2-7,10H2,1H3,(H,11,13). The number of rotatable bonds is 5. The third-order valence-corrected chi connectivity index (χ3v) is 2.25. The fourth-order valence-electron chi connectivity index (χ4n) is 1.57. The van der Waals surface area contributed by atoms with Crippen molar-refractivity contribution in [3.63, 3.8) is 0 Å². The quantitative estimate of drug-likeness (QED) is 0.547. The van der Waals surface area contributed by atoms with Crippen molar-refractivity contribution in [2.45, 2.75) is 12.5 Å².